The Bertz CT molecular complexity index is 448. The molecule has 0 bridgehead atoms. The van der Waals surface area contributed by atoms with E-state index in [0.29, 0.717) is 5.88 Å². The molecule has 0 saturated carbocycles. The highest BCUT2D eigenvalue weighted by Gasteiger charge is 2.05. The molecule has 0 radical (unpaired) electrons. The third kappa shape index (κ3) is 2.18. The minimum atomic E-state index is 0.717. The first-order valence-electron chi connectivity index (χ1n) is 5.07. The molecule has 3 nitrogen and oxygen atoms in total. The van der Waals surface area contributed by atoms with Crippen molar-refractivity contribution in [3.63, 3.8) is 0 Å². The molecule has 78 valence electrons. The maximum Gasteiger partial charge on any atom is 0.225 e. The number of hydrogen-bond acceptors (Lipinski definition) is 3. The molecular weight excluding hydrogens is 188 g/mol. The number of anilines is 1. The van der Waals surface area contributed by atoms with E-state index in [1.165, 1.54) is 5.56 Å². The molecule has 1 aromatic carbocycles. The van der Waals surface area contributed by atoms with Gasteiger partial charge in [-0.3, -0.25) is 0 Å². The van der Waals surface area contributed by atoms with E-state index < -0.39 is 0 Å². The molecule has 0 atom stereocenters. The number of benzene rings is 1. The summed E-state index contributed by atoms with van der Waals surface area (Å²) in [6.07, 6.45) is 0. The molecule has 1 heterocycles. The first-order chi connectivity index (χ1) is 7.29. The molecule has 15 heavy (non-hydrogen) atoms. The van der Waals surface area contributed by atoms with E-state index in [9.17, 15) is 0 Å². The molecule has 2 aromatic rings. The lowest BCUT2D eigenvalue weighted by atomic mass is 10.1. The Hall–Kier alpha value is -1.77. The largest absolute Gasteiger partial charge is 0.354 e. The van der Waals surface area contributed by atoms with Gasteiger partial charge in [-0.2, -0.15) is 0 Å². The molecular formula is C12H14N2O. The molecule has 0 aliphatic carbocycles. The van der Waals surface area contributed by atoms with E-state index in [-0.39, 0.29) is 0 Å². The van der Waals surface area contributed by atoms with Gasteiger partial charge in [-0.05, 0) is 19.9 Å². The summed E-state index contributed by atoms with van der Waals surface area (Å²) in [5.74, 6) is 0.717. The molecule has 0 fully saturated rings. The Kier molecular flexibility index (Phi) is 2.72. The fourth-order valence-corrected chi connectivity index (χ4v) is 1.47. The van der Waals surface area contributed by atoms with E-state index in [2.05, 4.69) is 29.5 Å². The molecule has 1 N–H and O–H groups in total. The van der Waals surface area contributed by atoms with Crippen molar-refractivity contribution in [3.05, 3.63) is 35.9 Å². The van der Waals surface area contributed by atoms with Gasteiger partial charge in [0, 0.05) is 18.2 Å². The second-order valence-corrected chi connectivity index (χ2v) is 3.48. The highest BCUT2D eigenvalue weighted by Crippen LogP contribution is 2.22. The average Bonchev–Trinajstić information content (AvgIpc) is 2.67. The van der Waals surface area contributed by atoms with E-state index >= 15 is 0 Å². The number of aryl methyl sites for hydroxylation is 1. The highest BCUT2D eigenvalue weighted by molar-refractivity contribution is 5.62. The standard InChI is InChI=1S/C12H14N2O/c1-3-13-12-8-11(14-15-12)10-6-4-5-9(2)7-10/h4-8,13H,3H2,1-2H3. The van der Waals surface area contributed by atoms with Gasteiger partial charge in [0.2, 0.25) is 5.88 Å². The van der Waals surface area contributed by atoms with Crippen LogP contribution in [0.15, 0.2) is 34.9 Å². The first kappa shape index (κ1) is 9.77. The van der Waals surface area contributed by atoms with E-state index in [0.717, 1.165) is 17.8 Å². The van der Waals surface area contributed by atoms with Crippen molar-refractivity contribution in [3.8, 4) is 11.3 Å². The van der Waals surface area contributed by atoms with Gasteiger partial charge in [-0.15, -0.1) is 0 Å². The van der Waals surface area contributed by atoms with Gasteiger partial charge in [0.25, 0.3) is 0 Å². The Morgan fingerprint density at radius 2 is 2.20 bits per heavy atom. The summed E-state index contributed by atoms with van der Waals surface area (Å²) in [5.41, 5.74) is 3.18. The summed E-state index contributed by atoms with van der Waals surface area (Å²) in [6.45, 7) is 4.92. The first-order valence-corrected chi connectivity index (χ1v) is 5.07. The lowest BCUT2D eigenvalue weighted by molar-refractivity contribution is 0.435. The summed E-state index contributed by atoms with van der Waals surface area (Å²) in [5, 5.41) is 7.09. The number of rotatable bonds is 3. The Labute approximate surface area is 89.1 Å². The minimum Gasteiger partial charge on any atom is -0.354 e. The number of aromatic nitrogens is 1. The van der Waals surface area contributed by atoms with Crippen molar-refractivity contribution < 1.29 is 4.52 Å². The number of nitrogens with one attached hydrogen (secondary N) is 1. The zero-order valence-corrected chi connectivity index (χ0v) is 8.95. The van der Waals surface area contributed by atoms with Gasteiger partial charge in [-0.25, -0.2) is 0 Å². The van der Waals surface area contributed by atoms with Crippen molar-refractivity contribution in [2.45, 2.75) is 13.8 Å². The molecule has 1 aromatic heterocycles. The minimum absolute atomic E-state index is 0.717. The third-order valence-corrected chi connectivity index (χ3v) is 2.17. The lowest BCUT2D eigenvalue weighted by Gasteiger charge is -1.96. The molecule has 0 unspecified atom stereocenters. The van der Waals surface area contributed by atoms with Gasteiger partial charge in [0.1, 0.15) is 5.69 Å². The predicted molar refractivity (Wildman–Crippen MR) is 60.8 cm³/mol. The van der Waals surface area contributed by atoms with Crippen LogP contribution in [0.1, 0.15) is 12.5 Å². The highest BCUT2D eigenvalue weighted by atomic mass is 16.5. The SMILES string of the molecule is CCNc1cc(-c2cccc(C)c2)no1. The van der Waals surface area contributed by atoms with Crippen LogP contribution in [0.25, 0.3) is 11.3 Å². The van der Waals surface area contributed by atoms with Crippen LogP contribution in [0.4, 0.5) is 5.88 Å². The van der Waals surface area contributed by atoms with Crippen LogP contribution in [0.2, 0.25) is 0 Å². The second-order valence-electron chi connectivity index (χ2n) is 3.48. The lowest BCUT2D eigenvalue weighted by Crippen LogP contribution is -1.93. The summed E-state index contributed by atoms with van der Waals surface area (Å²) in [6, 6.07) is 10.1. The molecule has 0 aliphatic rings. The molecule has 0 spiro atoms. The molecule has 0 aliphatic heterocycles. The Balaban J connectivity index is 2.29. The van der Waals surface area contributed by atoms with Gasteiger partial charge in [0.15, 0.2) is 0 Å². The van der Waals surface area contributed by atoms with Crippen molar-refractivity contribution in [1.82, 2.24) is 5.16 Å². The quantitative estimate of drug-likeness (QED) is 0.831. The molecule has 0 amide bonds. The second kappa shape index (κ2) is 4.17. The van der Waals surface area contributed by atoms with Gasteiger partial charge < -0.3 is 9.84 Å². The Morgan fingerprint density at radius 3 is 2.93 bits per heavy atom. The van der Waals surface area contributed by atoms with Crippen LogP contribution in [-0.2, 0) is 0 Å². The van der Waals surface area contributed by atoms with Gasteiger partial charge >= 0.3 is 0 Å². The summed E-state index contributed by atoms with van der Waals surface area (Å²) in [4.78, 5) is 0. The number of nitrogens with zero attached hydrogens (tertiary/aromatic N) is 1. The molecule has 2 rings (SSSR count). The number of hydrogen-bond donors (Lipinski definition) is 1. The van der Waals surface area contributed by atoms with Gasteiger partial charge in [0.05, 0.1) is 0 Å². The van der Waals surface area contributed by atoms with Crippen LogP contribution >= 0.6 is 0 Å². The van der Waals surface area contributed by atoms with Crippen LogP contribution in [-0.4, -0.2) is 11.7 Å². The molecule has 3 heteroatoms. The average molecular weight is 202 g/mol. The third-order valence-electron chi connectivity index (χ3n) is 2.17. The smallest absolute Gasteiger partial charge is 0.225 e. The normalized spacial score (nSPS) is 10.3. The fraction of sp³-hybridized carbons (Fsp3) is 0.250. The van der Waals surface area contributed by atoms with Crippen LogP contribution < -0.4 is 5.32 Å². The Morgan fingerprint density at radius 1 is 1.33 bits per heavy atom. The summed E-state index contributed by atoms with van der Waals surface area (Å²) < 4.78 is 5.14. The van der Waals surface area contributed by atoms with Crippen molar-refractivity contribution in [2.24, 2.45) is 0 Å². The van der Waals surface area contributed by atoms with Gasteiger partial charge in [-0.1, -0.05) is 28.9 Å². The van der Waals surface area contributed by atoms with E-state index in [1.807, 2.05) is 25.1 Å². The topological polar surface area (TPSA) is 38.1 Å². The molecule has 0 saturated heterocycles. The summed E-state index contributed by atoms with van der Waals surface area (Å²) in [7, 11) is 0. The van der Waals surface area contributed by atoms with Crippen LogP contribution in [0, 0.1) is 6.92 Å². The maximum absolute atomic E-state index is 5.14. The summed E-state index contributed by atoms with van der Waals surface area (Å²) >= 11 is 0. The monoisotopic (exact) mass is 202 g/mol. The van der Waals surface area contributed by atoms with Crippen molar-refractivity contribution in [2.75, 3.05) is 11.9 Å². The fourth-order valence-electron chi connectivity index (χ4n) is 1.47. The van der Waals surface area contributed by atoms with Crippen LogP contribution in [0.5, 0.6) is 0 Å². The maximum atomic E-state index is 5.14. The van der Waals surface area contributed by atoms with E-state index in [4.69, 9.17) is 4.52 Å². The van der Waals surface area contributed by atoms with Crippen molar-refractivity contribution >= 4 is 5.88 Å². The van der Waals surface area contributed by atoms with E-state index in [1.54, 1.807) is 0 Å². The predicted octanol–water partition coefficient (Wildman–Crippen LogP) is 3.08. The van der Waals surface area contributed by atoms with Crippen LogP contribution in [0.3, 0.4) is 0 Å². The zero-order valence-electron chi connectivity index (χ0n) is 8.95. The zero-order chi connectivity index (χ0) is 10.7. The van der Waals surface area contributed by atoms with Crippen molar-refractivity contribution in [1.29, 1.82) is 0 Å².